The van der Waals surface area contributed by atoms with Crippen LogP contribution in [0.4, 0.5) is 17.1 Å². The van der Waals surface area contributed by atoms with E-state index in [0.29, 0.717) is 11.3 Å². The number of anilines is 3. The highest BCUT2D eigenvalue weighted by molar-refractivity contribution is 6.10. The first-order chi connectivity index (χ1) is 15.3. The molecule has 0 radical (unpaired) electrons. The number of hydrogen-bond acceptors (Lipinski definition) is 6. The molecular formula is C24H25N5O2. The summed E-state index contributed by atoms with van der Waals surface area (Å²) < 4.78 is 5.45. The molecule has 0 aliphatic carbocycles. The summed E-state index contributed by atoms with van der Waals surface area (Å²) in [6.45, 7) is 4.43. The van der Waals surface area contributed by atoms with Crippen LogP contribution in [0.1, 0.15) is 27.7 Å². The zero-order chi connectivity index (χ0) is 21.0. The van der Waals surface area contributed by atoms with Gasteiger partial charge in [0.15, 0.2) is 0 Å². The van der Waals surface area contributed by atoms with Crippen molar-refractivity contribution in [1.82, 2.24) is 9.88 Å². The molecule has 3 N–H and O–H groups in total. The lowest BCUT2D eigenvalue weighted by Crippen LogP contribution is -2.35. The molecule has 3 aromatic rings. The molecule has 7 nitrogen and oxygen atoms in total. The van der Waals surface area contributed by atoms with Gasteiger partial charge in [-0.05, 0) is 35.4 Å². The predicted octanol–water partition coefficient (Wildman–Crippen LogP) is 3.70. The van der Waals surface area contributed by atoms with Crippen LogP contribution in [0, 0.1) is 0 Å². The highest BCUT2D eigenvalue weighted by Gasteiger charge is 2.26. The maximum atomic E-state index is 12.9. The first-order valence-electron chi connectivity index (χ1n) is 10.5. The number of pyridine rings is 1. The van der Waals surface area contributed by atoms with Gasteiger partial charge in [0.2, 0.25) is 0 Å². The molecule has 1 saturated heterocycles. The van der Waals surface area contributed by atoms with Crippen LogP contribution in [0.5, 0.6) is 0 Å². The fourth-order valence-electron chi connectivity index (χ4n) is 4.04. The van der Waals surface area contributed by atoms with Gasteiger partial charge < -0.3 is 20.7 Å². The van der Waals surface area contributed by atoms with E-state index in [1.807, 2.05) is 24.3 Å². The maximum Gasteiger partial charge on any atom is 0.257 e. The Morgan fingerprint density at radius 2 is 1.97 bits per heavy atom. The van der Waals surface area contributed by atoms with Gasteiger partial charge in [0, 0.05) is 25.8 Å². The molecule has 2 aromatic carbocycles. The van der Waals surface area contributed by atoms with Crippen molar-refractivity contribution in [2.24, 2.45) is 0 Å². The fraction of sp³-hybridized carbons (Fsp3) is 0.250. The van der Waals surface area contributed by atoms with Gasteiger partial charge >= 0.3 is 0 Å². The Kier molecular flexibility index (Phi) is 5.52. The largest absolute Gasteiger partial charge is 0.379 e. The number of ether oxygens (including phenoxy) is 1. The fourth-order valence-corrected chi connectivity index (χ4v) is 4.04. The lowest BCUT2D eigenvalue weighted by molar-refractivity contribution is 0.0342. The van der Waals surface area contributed by atoms with Gasteiger partial charge in [-0.1, -0.05) is 30.3 Å². The molecule has 1 unspecified atom stereocenters. The van der Waals surface area contributed by atoms with Gasteiger partial charge in [0.25, 0.3) is 5.91 Å². The molecule has 2 aliphatic heterocycles. The molecule has 5 rings (SSSR count). The van der Waals surface area contributed by atoms with Crippen LogP contribution in [-0.2, 0) is 11.3 Å². The molecule has 2 aliphatic rings. The third-order valence-corrected chi connectivity index (χ3v) is 5.61. The van der Waals surface area contributed by atoms with E-state index in [1.54, 1.807) is 18.5 Å². The smallest absolute Gasteiger partial charge is 0.257 e. The van der Waals surface area contributed by atoms with Crippen molar-refractivity contribution in [3.63, 3.8) is 0 Å². The summed E-state index contributed by atoms with van der Waals surface area (Å²) in [5.74, 6) is -0.166. The summed E-state index contributed by atoms with van der Waals surface area (Å²) in [4.78, 5) is 19.3. The number of nitrogens with zero attached hydrogens (tertiary/aromatic N) is 2. The van der Waals surface area contributed by atoms with Gasteiger partial charge in [-0.2, -0.15) is 0 Å². The monoisotopic (exact) mass is 415 g/mol. The number of para-hydroxylation sites is 1. The minimum absolute atomic E-state index is 0.0908. The third-order valence-electron chi connectivity index (χ3n) is 5.61. The molecule has 1 fully saturated rings. The van der Waals surface area contributed by atoms with Crippen molar-refractivity contribution >= 4 is 23.0 Å². The van der Waals surface area contributed by atoms with Gasteiger partial charge in [-0.15, -0.1) is 0 Å². The van der Waals surface area contributed by atoms with E-state index in [1.165, 1.54) is 5.56 Å². The number of hydrogen-bond donors (Lipinski definition) is 3. The molecule has 7 heteroatoms. The average molecular weight is 415 g/mol. The van der Waals surface area contributed by atoms with Gasteiger partial charge in [0.1, 0.15) is 6.17 Å². The topological polar surface area (TPSA) is 78.5 Å². The number of nitrogens with one attached hydrogen (secondary N) is 3. The molecule has 1 atom stereocenters. The summed E-state index contributed by atoms with van der Waals surface area (Å²) in [5, 5.41) is 9.91. The van der Waals surface area contributed by atoms with E-state index in [9.17, 15) is 4.79 Å². The third kappa shape index (κ3) is 4.38. The molecule has 0 bridgehead atoms. The maximum absolute atomic E-state index is 12.9. The van der Waals surface area contributed by atoms with Gasteiger partial charge in [-0.25, -0.2) is 0 Å². The van der Waals surface area contributed by atoms with Crippen molar-refractivity contribution < 1.29 is 9.53 Å². The number of carbonyl (C=O) groups is 1. The number of benzene rings is 2. The van der Waals surface area contributed by atoms with E-state index in [0.717, 1.165) is 49.8 Å². The van der Waals surface area contributed by atoms with E-state index >= 15 is 0 Å². The normalized spacial score (nSPS) is 18.0. The van der Waals surface area contributed by atoms with Gasteiger partial charge in [0.05, 0.1) is 42.0 Å². The number of morpholine rings is 1. The van der Waals surface area contributed by atoms with Crippen molar-refractivity contribution in [3.8, 4) is 0 Å². The van der Waals surface area contributed by atoms with Crippen LogP contribution in [0.25, 0.3) is 0 Å². The van der Waals surface area contributed by atoms with E-state index in [2.05, 4.69) is 50.1 Å². The Morgan fingerprint density at radius 1 is 1.10 bits per heavy atom. The Labute approximate surface area is 181 Å². The zero-order valence-corrected chi connectivity index (χ0v) is 17.2. The second-order valence-electron chi connectivity index (χ2n) is 7.78. The van der Waals surface area contributed by atoms with Crippen LogP contribution >= 0.6 is 0 Å². The molecule has 0 spiro atoms. The van der Waals surface area contributed by atoms with Crippen molar-refractivity contribution in [3.05, 3.63) is 83.7 Å². The van der Waals surface area contributed by atoms with Crippen molar-refractivity contribution in [2.45, 2.75) is 12.7 Å². The quantitative estimate of drug-likeness (QED) is 0.590. The Balaban J connectivity index is 1.32. The van der Waals surface area contributed by atoms with E-state index < -0.39 is 0 Å². The van der Waals surface area contributed by atoms with Crippen LogP contribution in [0.15, 0.2) is 67.0 Å². The molecule has 158 valence electrons. The number of carbonyl (C=O) groups excluding carboxylic acids is 1. The van der Waals surface area contributed by atoms with Crippen LogP contribution in [-0.4, -0.2) is 42.1 Å². The summed E-state index contributed by atoms with van der Waals surface area (Å²) in [6.07, 6.45) is 3.22. The molecule has 0 saturated carbocycles. The first kappa shape index (κ1) is 19.5. The SMILES string of the molecule is O=C(Nc1cccnc1)c1cccc2c1NC(c1cccc(CN3CCOCC3)c1)N2. The molecule has 31 heavy (non-hydrogen) atoms. The summed E-state index contributed by atoms with van der Waals surface area (Å²) in [6, 6.07) is 17.9. The number of fused-ring (bicyclic) bond motifs is 1. The standard InChI is InChI=1S/C24H25N5O2/c30-24(26-19-6-3-9-25-15-19)20-7-2-8-21-22(20)28-23(27-21)18-5-1-4-17(14-18)16-29-10-12-31-13-11-29/h1-9,14-15,23,27-28H,10-13,16H2,(H,26,30). The highest BCUT2D eigenvalue weighted by Crippen LogP contribution is 2.38. The Bertz CT molecular complexity index is 1070. The highest BCUT2D eigenvalue weighted by atomic mass is 16.5. The lowest BCUT2D eigenvalue weighted by atomic mass is 10.1. The summed E-state index contributed by atoms with van der Waals surface area (Å²) >= 11 is 0. The molecule has 3 heterocycles. The second kappa shape index (κ2) is 8.75. The number of amides is 1. The minimum atomic E-state index is -0.166. The van der Waals surface area contributed by atoms with Crippen molar-refractivity contribution in [2.75, 3.05) is 42.3 Å². The van der Waals surface area contributed by atoms with E-state index in [-0.39, 0.29) is 12.1 Å². The van der Waals surface area contributed by atoms with Crippen LogP contribution in [0.2, 0.25) is 0 Å². The number of rotatable bonds is 5. The number of aromatic nitrogens is 1. The Morgan fingerprint density at radius 3 is 2.81 bits per heavy atom. The minimum Gasteiger partial charge on any atom is -0.379 e. The molecule has 1 aromatic heterocycles. The zero-order valence-electron chi connectivity index (χ0n) is 17.2. The van der Waals surface area contributed by atoms with E-state index in [4.69, 9.17) is 4.74 Å². The lowest BCUT2D eigenvalue weighted by Gasteiger charge is -2.27. The second-order valence-corrected chi connectivity index (χ2v) is 7.78. The van der Waals surface area contributed by atoms with Crippen LogP contribution < -0.4 is 16.0 Å². The summed E-state index contributed by atoms with van der Waals surface area (Å²) in [7, 11) is 0. The van der Waals surface area contributed by atoms with Gasteiger partial charge in [-0.3, -0.25) is 14.7 Å². The summed E-state index contributed by atoms with van der Waals surface area (Å²) in [5.41, 5.74) is 5.41. The Hall–Kier alpha value is -3.42. The molecular weight excluding hydrogens is 390 g/mol. The average Bonchev–Trinajstić information content (AvgIpc) is 3.25. The van der Waals surface area contributed by atoms with Crippen LogP contribution in [0.3, 0.4) is 0 Å². The molecule has 1 amide bonds. The van der Waals surface area contributed by atoms with Crippen molar-refractivity contribution in [1.29, 1.82) is 0 Å². The first-order valence-corrected chi connectivity index (χ1v) is 10.5. The predicted molar refractivity (Wildman–Crippen MR) is 121 cm³/mol.